The first kappa shape index (κ1) is 34.3. The Kier molecular flexibility index (Phi) is 12.1. The van der Waals surface area contributed by atoms with Crippen molar-refractivity contribution in [3.8, 4) is 11.5 Å². The molecule has 0 saturated carbocycles. The highest BCUT2D eigenvalue weighted by molar-refractivity contribution is 8.00. The molecule has 0 amide bonds. The maximum Gasteiger partial charge on any atom is 0.371 e. The number of aromatic carboxylic acids is 1. The summed E-state index contributed by atoms with van der Waals surface area (Å²) >= 11 is 1.32. The first-order chi connectivity index (χ1) is 22.1. The smallest absolute Gasteiger partial charge is 0.371 e. The van der Waals surface area contributed by atoms with Crippen molar-refractivity contribution in [1.82, 2.24) is 0 Å². The lowest BCUT2D eigenvalue weighted by atomic mass is 10.0. The van der Waals surface area contributed by atoms with Crippen LogP contribution in [0.4, 0.5) is 0 Å². The van der Waals surface area contributed by atoms with Gasteiger partial charge >= 0.3 is 5.97 Å². The van der Waals surface area contributed by atoms with E-state index in [2.05, 4.69) is 0 Å². The SMILES string of the molecule is CCCc1c(OCCCC/C=C\C=C\[C@H](Sc2ccc3c(=O)cc(C(=O)O)oc3c2)[C@H](O)c2ccc(C)o2)ccc(C(C)=O)c1O. The molecule has 4 aromatic rings. The Balaban J connectivity index is 1.37. The van der Waals surface area contributed by atoms with Crippen molar-refractivity contribution in [3.63, 3.8) is 0 Å². The topological polar surface area (TPSA) is 147 Å². The second-order valence-corrected chi connectivity index (χ2v) is 12.1. The number of thioether (sulfide) groups is 1. The molecular formula is C36H38O9S. The molecule has 2 aromatic heterocycles. The molecule has 2 heterocycles. The summed E-state index contributed by atoms with van der Waals surface area (Å²) in [5.74, 6) is -0.263. The van der Waals surface area contributed by atoms with Crippen molar-refractivity contribution in [2.24, 2.45) is 0 Å². The summed E-state index contributed by atoms with van der Waals surface area (Å²) in [7, 11) is 0. The third-order valence-corrected chi connectivity index (χ3v) is 8.45. The summed E-state index contributed by atoms with van der Waals surface area (Å²) < 4.78 is 17.0. The number of rotatable bonds is 16. The summed E-state index contributed by atoms with van der Waals surface area (Å²) in [6.45, 7) is 5.71. The first-order valence-corrected chi connectivity index (χ1v) is 16.0. The number of Topliss-reactive ketones (excluding diaryl/α,β-unsaturated/α-hetero) is 1. The maximum absolute atomic E-state index is 12.3. The second kappa shape index (κ2) is 16.1. The predicted octanol–water partition coefficient (Wildman–Crippen LogP) is 7.81. The Bertz CT molecular complexity index is 1800. The Morgan fingerprint density at radius 1 is 1.04 bits per heavy atom. The molecule has 3 N–H and O–H groups in total. The molecule has 0 aliphatic carbocycles. The number of ether oxygens (including phenoxy) is 1. The highest BCUT2D eigenvalue weighted by Gasteiger charge is 2.23. The number of aliphatic hydroxyl groups is 1. The molecule has 10 heteroatoms. The van der Waals surface area contributed by atoms with E-state index in [9.17, 15) is 29.7 Å². The number of carboxylic acids is 1. The minimum Gasteiger partial charge on any atom is -0.507 e. The van der Waals surface area contributed by atoms with E-state index in [1.807, 2.05) is 31.2 Å². The maximum atomic E-state index is 12.3. The zero-order valence-corrected chi connectivity index (χ0v) is 26.8. The van der Waals surface area contributed by atoms with Crippen molar-refractivity contribution >= 4 is 34.5 Å². The number of phenolic OH excluding ortho intramolecular Hbond substituents is 1. The number of aryl methyl sites for hydroxylation is 1. The van der Waals surface area contributed by atoms with Crippen LogP contribution in [0.3, 0.4) is 0 Å². The van der Waals surface area contributed by atoms with Crippen LogP contribution in [0.2, 0.25) is 0 Å². The third-order valence-electron chi connectivity index (χ3n) is 7.24. The second-order valence-electron chi connectivity index (χ2n) is 10.8. The first-order valence-electron chi connectivity index (χ1n) is 15.1. The zero-order chi connectivity index (χ0) is 33.2. The number of furan rings is 1. The van der Waals surface area contributed by atoms with Crippen molar-refractivity contribution in [1.29, 1.82) is 0 Å². The summed E-state index contributed by atoms with van der Waals surface area (Å²) in [4.78, 5) is 36.2. The van der Waals surface area contributed by atoms with Gasteiger partial charge in [0.1, 0.15) is 34.7 Å². The van der Waals surface area contributed by atoms with Crippen LogP contribution in [0.5, 0.6) is 11.5 Å². The van der Waals surface area contributed by atoms with Gasteiger partial charge in [0, 0.05) is 16.5 Å². The predicted molar refractivity (Wildman–Crippen MR) is 177 cm³/mol. The van der Waals surface area contributed by atoms with E-state index in [1.165, 1.54) is 18.7 Å². The molecule has 0 radical (unpaired) electrons. The molecule has 0 bridgehead atoms. The van der Waals surface area contributed by atoms with Gasteiger partial charge in [0.2, 0.25) is 5.76 Å². The Morgan fingerprint density at radius 3 is 2.54 bits per heavy atom. The molecule has 2 aromatic carbocycles. The van der Waals surface area contributed by atoms with Gasteiger partial charge in [-0.1, -0.05) is 37.6 Å². The van der Waals surface area contributed by atoms with Crippen LogP contribution in [-0.2, 0) is 6.42 Å². The molecule has 0 unspecified atom stereocenters. The third kappa shape index (κ3) is 8.80. The number of allylic oxidation sites excluding steroid dienone is 3. The number of hydrogen-bond donors (Lipinski definition) is 3. The molecule has 9 nitrogen and oxygen atoms in total. The van der Waals surface area contributed by atoms with E-state index in [1.54, 1.807) is 49.4 Å². The fourth-order valence-electron chi connectivity index (χ4n) is 4.88. The number of aliphatic hydroxyl groups excluding tert-OH is 1. The average molecular weight is 647 g/mol. The van der Waals surface area contributed by atoms with Crippen molar-refractivity contribution < 1.29 is 38.5 Å². The molecule has 2 atom stereocenters. The lowest BCUT2D eigenvalue weighted by Gasteiger charge is -2.18. The largest absolute Gasteiger partial charge is 0.507 e. The number of carboxylic acid groups (broad SMARTS) is 1. The van der Waals surface area contributed by atoms with Gasteiger partial charge in [-0.3, -0.25) is 9.59 Å². The van der Waals surface area contributed by atoms with Gasteiger partial charge in [-0.05, 0) is 82.0 Å². The quantitative estimate of drug-likeness (QED) is 0.0476. The van der Waals surface area contributed by atoms with E-state index in [0.717, 1.165) is 31.7 Å². The number of fused-ring (bicyclic) bond motifs is 1. The van der Waals surface area contributed by atoms with Gasteiger partial charge in [-0.2, -0.15) is 0 Å². The fourth-order valence-corrected chi connectivity index (χ4v) is 5.95. The minimum atomic E-state index is -1.33. The molecule has 4 rings (SSSR count). The standard InChI is InChI=1S/C36H38O9S/c1-4-11-27-29(18-16-25(23(3)37)34(27)39)43-19-10-8-6-5-7-9-12-33(35(40)30-17-13-22(2)44-30)46-24-14-15-26-28(38)21-32(36(41)42)45-31(26)20-24/h5,7,9,12-18,20-21,33,35,39-40H,4,6,8,10-11,19H2,1-3H3,(H,41,42)/b7-5-,12-9+/t33-,35+/m0/s1. The normalized spacial score (nSPS) is 13.0. The van der Waals surface area contributed by atoms with E-state index in [-0.39, 0.29) is 22.5 Å². The number of aromatic hydroxyl groups is 1. The van der Waals surface area contributed by atoms with Gasteiger partial charge in [0.05, 0.1) is 22.8 Å². The van der Waals surface area contributed by atoms with Gasteiger partial charge in [-0.25, -0.2) is 4.79 Å². The lowest BCUT2D eigenvalue weighted by Crippen LogP contribution is -2.12. The van der Waals surface area contributed by atoms with Crippen LogP contribution in [0.1, 0.15) is 83.6 Å². The fraction of sp³-hybridized carbons (Fsp3) is 0.306. The van der Waals surface area contributed by atoms with Crippen LogP contribution in [0.15, 0.2) is 91.4 Å². The molecule has 0 spiro atoms. The van der Waals surface area contributed by atoms with Gasteiger partial charge in [0.25, 0.3) is 0 Å². The molecule has 242 valence electrons. The summed E-state index contributed by atoms with van der Waals surface area (Å²) in [5.41, 5.74) is 0.675. The van der Waals surface area contributed by atoms with Crippen LogP contribution in [0, 0.1) is 6.92 Å². The highest BCUT2D eigenvalue weighted by atomic mass is 32.2. The summed E-state index contributed by atoms with van der Waals surface area (Å²) in [5, 5.41) is 30.7. The number of benzene rings is 2. The lowest BCUT2D eigenvalue weighted by molar-refractivity contribution is 0.0662. The number of unbranched alkanes of at least 4 members (excludes halogenated alkanes) is 2. The van der Waals surface area contributed by atoms with Crippen LogP contribution < -0.4 is 10.2 Å². The monoisotopic (exact) mass is 646 g/mol. The van der Waals surface area contributed by atoms with Crippen LogP contribution in [0.25, 0.3) is 11.0 Å². The van der Waals surface area contributed by atoms with Crippen molar-refractivity contribution in [3.05, 3.63) is 111 Å². The number of hydrogen-bond acceptors (Lipinski definition) is 9. The van der Waals surface area contributed by atoms with Gasteiger partial charge < -0.3 is 28.9 Å². The van der Waals surface area contributed by atoms with Crippen molar-refractivity contribution in [2.75, 3.05) is 6.61 Å². The summed E-state index contributed by atoms with van der Waals surface area (Å²) in [6, 6.07) is 12.7. The molecule has 0 aliphatic heterocycles. The zero-order valence-electron chi connectivity index (χ0n) is 26.0. The Morgan fingerprint density at radius 2 is 1.85 bits per heavy atom. The van der Waals surface area contributed by atoms with Gasteiger partial charge in [0.15, 0.2) is 11.2 Å². The van der Waals surface area contributed by atoms with E-state index in [0.29, 0.717) is 46.3 Å². The number of phenols is 1. The molecule has 0 aliphatic rings. The van der Waals surface area contributed by atoms with Gasteiger partial charge in [-0.15, -0.1) is 11.8 Å². The van der Waals surface area contributed by atoms with E-state index < -0.39 is 28.5 Å². The highest BCUT2D eigenvalue weighted by Crippen LogP contribution is 2.36. The van der Waals surface area contributed by atoms with Crippen LogP contribution in [-0.4, -0.2) is 38.9 Å². The van der Waals surface area contributed by atoms with E-state index >= 15 is 0 Å². The molecule has 0 saturated heterocycles. The molecule has 0 fully saturated rings. The van der Waals surface area contributed by atoms with Crippen molar-refractivity contribution in [2.45, 2.75) is 69.1 Å². The number of carbonyl (C=O) groups excluding carboxylic acids is 1. The minimum absolute atomic E-state index is 0.00451. The molecular weight excluding hydrogens is 608 g/mol. The van der Waals surface area contributed by atoms with Crippen LogP contribution >= 0.6 is 11.8 Å². The number of carbonyl (C=O) groups is 2. The summed E-state index contributed by atoms with van der Waals surface area (Å²) in [6.07, 6.45) is 10.6. The number of ketones is 1. The van der Waals surface area contributed by atoms with E-state index in [4.69, 9.17) is 13.6 Å². The Hall–Kier alpha value is -4.54. The Labute approximate surface area is 271 Å². The molecule has 46 heavy (non-hydrogen) atoms. The average Bonchev–Trinajstić information content (AvgIpc) is 3.46.